The van der Waals surface area contributed by atoms with Crippen LogP contribution in [0.4, 0.5) is 13.2 Å². The third kappa shape index (κ3) is 4.10. The maximum atomic E-state index is 14.9. The predicted molar refractivity (Wildman–Crippen MR) is 135 cm³/mol. The number of carbonyl (C=O) groups is 1. The number of fused-ring (bicyclic) bond motifs is 1. The number of rotatable bonds is 5. The van der Waals surface area contributed by atoms with E-state index >= 15 is 0 Å². The fourth-order valence-corrected chi connectivity index (χ4v) is 5.10. The molecule has 1 atom stereocenters. The van der Waals surface area contributed by atoms with Crippen LogP contribution in [0.3, 0.4) is 0 Å². The minimum Gasteiger partial charge on any atom is -0.478 e. The molecule has 1 unspecified atom stereocenters. The molecule has 0 aliphatic carbocycles. The number of alkyl halides is 3. The van der Waals surface area contributed by atoms with Crippen LogP contribution < -0.4 is 0 Å². The number of carboxylic acids is 1. The third-order valence-electron chi connectivity index (χ3n) is 6.43. The first-order valence-electron chi connectivity index (χ1n) is 11.5. The largest absolute Gasteiger partial charge is 0.478 e. The van der Waals surface area contributed by atoms with Gasteiger partial charge in [0.15, 0.2) is 0 Å². The van der Waals surface area contributed by atoms with Crippen LogP contribution in [0.1, 0.15) is 46.2 Å². The van der Waals surface area contributed by atoms with Crippen molar-refractivity contribution in [1.29, 1.82) is 0 Å². The summed E-state index contributed by atoms with van der Waals surface area (Å²) in [6.45, 7) is 5.05. The van der Waals surface area contributed by atoms with Crippen molar-refractivity contribution in [2.45, 2.75) is 33.0 Å². The second-order valence-electron chi connectivity index (χ2n) is 8.79. The fraction of sp³-hybridized carbons (Fsp3) is 0.185. The molecule has 0 amide bonds. The molecule has 0 spiro atoms. The van der Waals surface area contributed by atoms with Gasteiger partial charge in [-0.15, -0.1) is 0 Å². The minimum absolute atomic E-state index is 0.0139. The highest BCUT2D eigenvalue weighted by molar-refractivity contribution is 6.36. The number of nitrogens with zero attached hydrogens (tertiary/aromatic N) is 4. The van der Waals surface area contributed by atoms with Crippen molar-refractivity contribution in [3.05, 3.63) is 88.3 Å². The molecule has 0 saturated heterocycles. The van der Waals surface area contributed by atoms with E-state index < -0.39 is 23.9 Å². The second kappa shape index (κ2) is 9.29. The molecule has 7 nitrogen and oxygen atoms in total. The van der Waals surface area contributed by atoms with Crippen LogP contribution in [0.5, 0.6) is 0 Å². The zero-order valence-corrected chi connectivity index (χ0v) is 21.1. The second-order valence-corrected chi connectivity index (χ2v) is 9.16. The van der Waals surface area contributed by atoms with Crippen molar-refractivity contribution in [2.75, 3.05) is 0 Å². The standard InChI is InChI=1S/C27H20ClF3N4O3/c1-13-21(15(3)38-34-13)16-11-20-24(33-12-16)22(17-7-6-8-18(23(17)28)26(36)37)25(27(29,30)31)35(20)14(2)19-9-4-5-10-32-19/h4-12,14H,1-3H3,(H,36,37). The summed E-state index contributed by atoms with van der Waals surface area (Å²) >= 11 is 6.40. The maximum absolute atomic E-state index is 14.9. The quantitative estimate of drug-likeness (QED) is 0.250. The molecular formula is C27H20ClF3N4O3. The number of benzene rings is 1. The molecule has 194 valence electrons. The van der Waals surface area contributed by atoms with Gasteiger partial charge in [-0.25, -0.2) is 4.79 Å². The number of aromatic nitrogens is 4. The highest BCUT2D eigenvalue weighted by atomic mass is 35.5. The van der Waals surface area contributed by atoms with E-state index in [0.29, 0.717) is 28.3 Å². The molecule has 0 bridgehead atoms. The van der Waals surface area contributed by atoms with Gasteiger partial charge in [0.1, 0.15) is 11.5 Å². The Morgan fingerprint density at radius 2 is 1.87 bits per heavy atom. The average Bonchev–Trinajstić information content (AvgIpc) is 3.40. The molecule has 11 heteroatoms. The Bertz CT molecular complexity index is 1670. The molecule has 0 aliphatic rings. The molecule has 0 radical (unpaired) electrons. The Morgan fingerprint density at radius 1 is 1.11 bits per heavy atom. The predicted octanol–water partition coefficient (Wildman–Crippen LogP) is 7.35. The zero-order valence-electron chi connectivity index (χ0n) is 20.3. The fourth-order valence-electron chi connectivity index (χ4n) is 4.80. The lowest BCUT2D eigenvalue weighted by Crippen LogP contribution is -2.19. The van der Waals surface area contributed by atoms with Crippen molar-refractivity contribution in [2.24, 2.45) is 0 Å². The molecular weight excluding hydrogens is 521 g/mol. The first-order chi connectivity index (χ1) is 18.0. The number of halogens is 4. The number of aromatic carboxylic acids is 1. The SMILES string of the molecule is Cc1noc(C)c1-c1cnc2c(-c3cccc(C(=O)O)c3Cl)c(C(F)(F)F)n(C(C)c3ccccn3)c2c1. The normalized spacial score (nSPS) is 12.7. The summed E-state index contributed by atoms with van der Waals surface area (Å²) in [6.07, 6.45) is -1.90. The van der Waals surface area contributed by atoms with Crippen molar-refractivity contribution in [3.63, 3.8) is 0 Å². The molecule has 38 heavy (non-hydrogen) atoms. The molecule has 4 heterocycles. The molecule has 5 rings (SSSR count). The van der Waals surface area contributed by atoms with Crippen LogP contribution in [-0.4, -0.2) is 30.8 Å². The highest BCUT2D eigenvalue weighted by Gasteiger charge is 2.42. The van der Waals surface area contributed by atoms with Gasteiger partial charge in [0.2, 0.25) is 0 Å². The molecule has 1 N–H and O–H groups in total. The van der Waals surface area contributed by atoms with Crippen molar-refractivity contribution >= 4 is 28.6 Å². The topological polar surface area (TPSA) is 94.0 Å². The van der Waals surface area contributed by atoms with Crippen LogP contribution >= 0.6 is 11.6 Å². The number of carboxylic acid groups (broad SMARTS) is 1. The van der Waals surface area contributed by atoms with E-state index in [2.05, 4.69) is 15.1 Å². The summed E-state index contributed by atoms with van der Waals surface area (Å²) < 4.78 is 51.2. The van der Waals surface area contributed by atoms with Crippen LogP contribution in [0.25, 0.3) is 33.3 Å². The minimum atomic E-state index is -4.86. The van der Waals surface area contributed by atoms with Crippen molar-refractivity contribution in [1.82, 2.24) is 19.7 Å². The van der Waals surface area contributed by atoms with Crippen LogP contribution in [0.2, 0.25) is 5.02 Å². The summed E-state index contributed by atoms with van der Waals surface area (Å²) in [4.78, 5) is 20.5. The van der Waals surface area contributed by atoms with Gasteiger partial charge < -0.3 is 14.2 Å². The number of hydrogen-bond acceptors (Lipinski definition) is 5. The van der Waals surface area contributed by atoms with E-state index in [1.807, 2.05) is 0 Å². The van der Waals surface area contributed by atoms with E-state index in [1.54, 1.807) is 45.0 Å². The number of pyridine rings is 2. The summed E-state index contributed by atoms with van der Waals surface area (Å²) in [7, 11) is 0. The van der Waals surface area contributed by atoms with Crippen LogP contribution in [0, 0.1) is 13.8 Å². The van der Waals surface area contributed by atoms with Gasteiger partial charge in [-0.2, -0.15) is 13.2 Å². The van der Waals surface area contributed by atoms with Gasteiger partial charge in [-0.3, -0.25) is 9.97 Å². The van der Waals surface area contributed by atoms with E-state index in [-0.39, 0.29) is 32.7 Å². The first-order valence-corrected chi connectivity index (χ1v) is 11.9. The van der Waals surface area contributed by atoms with Crippen molar-refractivity contribution in [3.8, 4) is 22.3 Å². The summed E-state index contributed by atoms with van der Waals surface area (Å²) in [6, 6.07) is 9.69. The molecule has 0 fully saturated rings. The van der Waals surface area contributed by atoms with Gasteiger partial charge in [0.05, 0.1) is 39.0 Å². The smallest absolute Gasteiger partial charge is 0.432 e. The van der Waals surface area contributed by atoms with Gasteiger partial charge >= 0.3 is 12.1 Å². The van der Waals surface area contributed by atoms with E-state index in [0.717, 1.165) is 4.57 Å². The Balaban J connectivity index is 1.94. The lowest BCUT2D eigenvalue weighted by atomic mass is 10.0. The monoisotopic (exact) mass is 540 g/mol. The average molecular weight is 541 g/mol. The number of aryl methyl sites for hydroxylation is 2. The van der Waals surface area contributed by atoms with Gasteiger partial charge in [-0.1, -0.05) is 35.0 Å². The Hall–Kier alpha value is -4.18. The van der Waals surface area contributed by atoms with Gasteiger partial charge in [0, 0.05) is 34.6 Å². The Labute approximate surface area is 219 Å². The maximum Gasteiger partial charge on any atom is 0.432 e. The van der Waals surface area contributed by atoms with E-state index in [4.69, 9.17) is 16.1 Å². The first kappa shape index (κ1) is 25.5. The summed E-state index contributed by atoms with van der Waals surface area (Å²) in [5, 5.41) is 13.2. The summed E-state index contributed by atoms with van der Waals surface area (Å²) in [5.41, 5.74) is 0.552. The van der Waals surface area contributed by atoms with Crippen LogP contribution in [0.15, 0.2) is 59.4 Å². The molecule has 4 aromatic heterocycles. The van der Waals surface area contributed by atoms with Gasteiger partial charge in [-0.05, 0) is 45.0 Å². The molecule has 0 saturated carbocycles. The summed E-state index contributed by atoms with van der Waals surface area (Å²) in [5.74, 6) is -0.863. The molecule has 1 aromatic carbocycles. The number of hydrogen-bond donors (Lipinski definition) is 1. The van der Waals surface area contributed by atoms with E-state index in [1.165, 1.54) is 30.6 Å². The van der Waals surface area contributed by atoms with Crippen molar-refractivity contribution < 1.29 is 27.6 Å². The lowest BCUT2D eigenvalue weighted by Gasteiger charge is -2.21. The van der Waals surface area contributed by atoms with E-state index in [9.17, 15) is 23.1 Å². The molecule has 0 aliphatic heterocycles. The Kier molecular flexibility index (Phi) is 6.22. The lowest BCUT2D eigenvalue weighted by molar-refractivity contribution is -0.143. The third-order valence-corrected chi connectivity index (χ3v) is 6.84. The van der Waals surface area contributed by atoms with Gasteiger partial charge in [0.25, 0.3) is 0 Å². The van der Waals surface area contributed by atoms with Crippen LogP contribution in [-0.2, 0) is 6.18 Å². The Morgan fingerprint density at radius 3 is 2.47 bits per heavy atom. The zero-order chi connectivity index (χ0) is 27.4. The highest BCUT2D eigenvalue weighted by Crippen LogP contribution is 2.48. The molecule has 5 aromatic rings.